The lowest BCUT2D eigenvalue weighted by Crippen LogP contribution is -1.96. The Labute approximate surface area is 77.8 Å². The maximum Gasteiger partial charge on any atom is 0.221 e. The number of benzene rings is 1. The van der Waals surface area contributed by atoms with Gasteiger partial charge in [0.25, 0.3) is 0 Å². The second kappa shape index (κ2) is 4.13. The Balaban J connectivity index is 2.88. The summed E-state index contributed by atoms with van der Waals surface area (Å²) in [6.45, 7) is 9.25. The molecule has 0 aromatic heterocycles. The molecular formula is C10H10ClN. The van der Waals surface area contributed by atoms with Crippen molar-refractivity contribution in [2.75, 3.05) is 6.54 Å². The number of hydrogen-bond acceptors (Lipinski definition) is 0. The van der Waals surface area contributed by atoms with Crippen LogP contribution in [0.2, 0.25) is 5.02 Å². The summed E-state index contributed by atoms with van der Waals surface area (Å²) in [4.78, 5) is 3.34. The van der Waals surface area contributed by atoms with Crippen molar-refractivity contribution < 1.29 is 0 Å². The van der Waals surface area contributed by atoms with Crippen LogP contribution < -0.4 is 0 Å². The number of halogens is 1. The summed E-state index contributed by atoms with van der Waals surface area (Å²) >= 11 is 5.95. The van der Waals surface area contributed by atoms with Crippen molar-refractivity contribution in [3.63, 3.8) is 0 Å². The molecule has 1 unspecified atom stereocenters. The fraction of sp³-hybridized carbons (Fsp3) is 0.300. The Morgan fingerprint density at radius 2 is 2.17 bits per heavy atom. The molecule has 0 amide bonds. The topological polar surface area (TPSA) is 4.36 Å². The average Bonchev–Trinajstić information content (AvgIpc) is 2.05. The fourth-order valence-corrected chi connectivity index (χ4v) is 1.43. The van der Waals surface area contributed by atoms with Crippen LogP contribution in [0.3, 0.4) is 0 Å². The lowest BCUT2D eigenvalue weighted by atomic mass is 10.0. The van der Waals surface area contributed by atoms with E-state index in [0.717, 1.165) is 10.6 Å². The zero-order valence-electron chi connectivity index (χ0n) is 6.92. The van der Waals surface area contributed by atoms with Gasteiger partial charge in [-0.25, -0.2) is 6.57 Å². The normalized spacial score (nSPS) is 12.1. The van der Waals surface area contributed by atoms with Crippen LogP contribution in [0, 0.1) is 6.57 Å². The molecule has 0 spiro atoms. The van der Waals surface area contributed by atoms with Crippen molar-refractivity contribution in [3.8, 4) is 0 Å². The van der Waals surface area contributed by atoms with Gasteiger partial charge in [-0.05, 0) is 11.6 Å². The third kappa shape index (κ3) is 1.99. The minimum Gasteiger partial charge on any atom is -0.316 e. The molecule has 0 bridgehead atoms. The van der Waals surface area contributed by atoms with Gasteiger partial charge in [-0.3, -0.25) is 0 Å². The molecule has 0 N–H and O–H groups in total. The lowest BCUT2D eigenvalue weighted by Gasteiger charge is -2.06. The zero-order chi connectivity index (χ0) is 8.97. The highest BCUT2D eigenvalue weighted by atomic mass is 35.5. The van der Waals surface area contributed by atoms with Gasteiger partial charge in [0, 0.05) is 5.02 Å². The third-order valence-electron chi connectivity index (χ3n) is 1.80. The molecule has 2 heteroatoms. The maximum atomic E-state index is 6.73. The van der Waals surface area contributed by atoms with E-state index < -0.39 is 0 Å². The first-order chi connectivity index (χ1) is 5.75. The molecule has 0 saturated heterocycles. The van der Waals surface area contributed by atoms with Gasteiger partial charge in [-0.15, -0.1) is 0 Å². The highest BCUT2D eigenvalue weighted by Gasteiger charge is 2.10. The molecule has 0 fully saturated rings. The van der Waals surface area contributed by atoms with E-state index in [2.05, 4.69) is 4.85 Å². The van der Waals surface area contributed by atoms with Crippen molar-refractivity contribution in [1.82, 2.24) is 0 Å². The Bertz CT molecular complexity index is 301. The molecule has 0 radical (unpaired) electrons. The van der Waals surface area contributed by atoms with Gasteiger partial charge >= 0.3 is 0 Å². The molecule has 1 aromatic carbocycles. The Morgan fingerprint density at radius 3 is 2.75 bits per heavy atom. The largest absolute Gasteiger partial charge is 0.316 e. The molecular weight excluding hydrogens is 170 g/mol. The van der Waals surface area contributed by atoms with E-state index in [4.69, 9.17) is 18.2 Å². The first-order valence-electron chi connectivity index (χ1n) is 3.83. The van der Waals surface area contributed by atoms with Crippen LogP contribution in [-0.2, 0) is 0 Å². The fourth-order valence-electron chi connectivity index (χ4n) is 1.11. The molecule has 1 nitrogen and oxygen atoms in total. The molecule has 0 aliphatic heterocycles. The molecule has 0 aliphatic carbocycles. The van der Waals surface area contributed by atoms with Crippen LogP contribution >= 0.6 is 11.6 Å². The molecule has 12 heavy (non-hydrogen) atoms. The second-order valence-electron chi connectivity index (χ2n) is 2.76. The van der Waals surface area contributed by atoms with E-state index >= 15 is 0 Å². The summed E-state index contributed by atoms with van der Waals surface area (Å²) in [7, 11) is 0. The standard InChI is InChI=1S/C10H10ClN/c1-8(7-12-2)9-5-3-4-6-10(9)11/h3-6,8H,7H2,1H3. The number of nitrogens with zero attached hydrogens (tertiary/aromatic N) is 1. The minimum atomic E-state index is 0.233. The molecule has 1 aromatic rings. The zero-order valence-corrected chi connectivity index (χ0v) is 7.67. The van der Waals surface area contributed by atoms with Crippen molar-refractivity contribution in [3.05, 3.63) is 46.3 Å². The van der Waals surface area contributed by atoms with Crippen LogP contribution in [0.15, 0.2) is 24.3 Å². The summed E-state index contributed by atoms with van der Waals surface area (Å²) in [5, 5.41) is 0.758. The third-order valence-corrected chi connectivity index (χ3v) is 2.15. The monoisotopic (exact) mass is 179 g/mol. The number of hydrogen-bond donors (Lipinski definition) is 0. The van der Waals surface area contributed by atoms with Crippen molar-refractivity contribution >= 4 is 11.6 Å². The highest BCUT2D eigenvalue weighted by molar-refractivity contribution is 6.31. The van der Waals surface area contributed by atoms with Gasteiger partial charge in [0.1, 0.15) is 0 Å². The van der Waals surface area contributed by atoms with E-state index in [9.17, 15) is 0 Å². The smallest absolute Gasteiger partial charge is 0.221 e. The van der Waals surface area contributed by atoms with Crippen LogP contribution in [0.5, 0.6) is 0 Å². The quantitative estimate of drug-likeness (QED) is 0.614. The molecule has 0 saturated carbocycles. The highest BCUT2D eigenvalue weighted by Crippen LogP contribution is 2.23. The minimum absolute atomic E-state index is 0.233. The summed E-state index contributed by atoms with van der Waals surface area (Å²) in [5.41, 5.74) is 1.06. The predicted octanol–water partition coefficient (Wildman–Crippen LogP) is 3.36. The first kappa shape index (κ1) is 9.09. The van der Waals surface area contributed by atoms with Crippen molar-refractivity contribution in [1.29, 1.82) is 0 Å². The van der Waals surface area contributed by atoms with E-state index in [1.54, 1.807) is 0 Å². The molecule has 0 aliphatic rings. The van der Waals surface area contributed by atoms with Gasteiger partial charge in [0.05, 0.1) is 5.92 Å². The number of rotatable bonds is 2. The van der Waals surface area contributed by atoms with Gasteiger partial charge < -0.3 is 4.85 Å². The van der Waals surface area contributed by atoms with Crippen LogP contribution in [0.4, 0.5) is 0 Å². The summed E-state index contributed by atoms with van der Waals surface area (Å²) < 4.78 is 0. The SMILES string of the molecule is [C-]#[N+]CC(C)c1ccccc1Cl. The Morgan fingerprint density at radius 1 is 1.50 bits per heavy atom. The molecule has 1 rings (SSSR count). The summed E-state index contributed by atoms with van der Waals surface area (Å²) in [6.07, 6.45) is 0. The van der Waals surface area contributed by atoms with Gasteiger partial charge in [0.2, 0.25) is 6.54 Å². The van der Waals surface area contributed by atoms with E-state index in [0.29, 0.717) is 6.54 Å². The summed E-state index contributed by atoms with van der Waals surface area (Å²) in [5.74, 6) is 0.233. The predicted molar refractivity (Wildman–Crippen MR) is 51.3 cm³/mol. The van der Waals surface area contributed by atoms with Crippen LogP contribution in [0.1, 0.15) is 18.4 Å². The first-order valence-corrected chi connectivity index (χ1v) is 4.21. The maximum absolute atomic E-state index is 6.73. The van der Waals surface area contributed by atoms with Gasteiger partial charge in [-0.1, -0.05) is 36.7 Å². The van der Waals surface area contributed by atoms with Gasteiger partial charge in [-0.2, -0.15) is 0 Å². The lowest BCUT2D eigenvalue weighted by molar-refractivity contribution is 0.834. The van der Waals surface area contributed by atoms with E-state index in [1.807, 2.05) is 31.2 Å². The Hall–Kier alpha value is -1.00. The Kier molecular flexibility index (Phi) is 3.13. The molecule has 1 atom stereocenters. The second-order valence-corrected chi connectivity index (χ2v) is 3.17. The molecule has 62 valence electrons. The van der Waals surface area contributed by atoms with Gasteiger partial charge in [0.15, 0.2) is 0 Å². The van der Waals surface area contributed by atoms with Crippen LogP contribution in [-0.4, -0.2) is 6.54 Å². The molecule has 0 heterocycles. The summed E-state index contributed by atoms with van der Waals surface area (Å²) in [6, 6.07) is 7.67. The van der Waals surface area contributed by atoms with Crippen molar-refractivity contribution in [2.45, 2.75) is 12.8 Å². The van der Waals surface area contributed by atoms with Crippen LogP contribution in [0.25, 0.3) is 4.85 Å². The van der Waals surface area contributed by atoms with Crippen molar-refractivity contribution in [2.24, 2.45) is 0 Å². The average molecular weight is 180 g/mol. The van der Waals surface area contributed by atoms with E-state index in [1.165, 1.54) is 0 Å². The van der Waals surface area contributed by atoms with E-state index in [-0.39, 0.29) is 5.92 Å².